The molecule has 1 N–H and O–H groups in total. The van der Waals surface area contributed by atoms with Crippen molar-refractivity contribution in [3.8, 4) is 0 Å². The van der Waals surface area contributed by atoms with Crippen LogP contribution in [0.1, 0.15) is 70.3 Å². The Labute approximate surface area is 157 Å². The average Bonchev–Trinajstić information content (AvgIpc) is 2.45. The molecule has 1 aromatic rings. The SMILES string of the molecule is CCCCCCCCCCCc1ccccc1S(=O)(=O)O.[Na]. The van der Waals surface area contributed by atoms with E-state index in [2.05, 4.69) is 6.92 Å². The van der Waals surface area contributed by atoms with E-state index in [4.69, 9.17) is 0 Å². The van der Waals surface area contributed by atoms with Crippen LogP contribution < -0.4 is 0 Å². The van der Waals surface area contributed by atoms with Crippen molar-refractivity contribution < 1.29 is 13.0 Å². The van der Waals surface area contributed by atoms with Crippen LogP contribution in [0.25, 0.3) is 0 Å². The van der Waals surface area contributed by atoms with Gasteiger partial charge >= 0.3 is 0 Å². The maximum absolute atomic E-state index is 11.3. The van der Waals surface area contributed by atoms with Gasteiger partial charge in [0.05, 0.1) is 4.90 Å². The Balaban J connectivity index is 0.00000441. The van der Waals surface area contributed by atoms with Crippen LogP contribution in [0.4, 0.5) is 0 Å². The van der Waals surface area contributed by atoms with Crippen molar-refractivity contribution in [3.05, 3.63) is 29.8 Å². The molecule has 22 heavy (non-hydrogen) atoms. The van der Waals surface area contributed by atoms with Crippen LogP contribution >= 0.6 is 0 Å². The molecule has 1 rings (SSSR count). The third-order valence-corrected chi connectivity index (χ3v) is 4.75. The zero-order valence-electron chi connectivity index (χ0n) is 14.1. The molecule has 0 atom stereocenters. The molecule has 0 bridgehead atoms. The van der Waals surface area contributed by atoms with Crippen molar-refractivity contribution in [1.82, 2.24) is 0 Å². The summed E-state index contributed by atoms with van der Waals surface area (Å²) >= 11 is 0. The van der Waals surface area contributed by atoms with E-state index in [0.717, 1.165) is 18.4 Å². The van der Waals surface area contributed by atoms with E-state index in [0.29, 0.717) is 6.42 Å². The van der Waals surface area contributed by atoms with Gasteiger partial charge in [-0.05, 0) is 24.5 Å². The van der Waals surface area contributed by atoms with Crippen molar-refractivity contribution in [2.24, 2.45) is 0 Å². The fourth-order valence-electron chi connectivity index (χ4n) is 2.59. The van der Waals surface area contributed by atoms with E-state index in [1.54, 1.807) is 12.1 Å². The maximum Gasteiger partial charge on any atom is 0.294 e. The summed E-state index contributed by atoms with van der Waals surface area (Å²) in [6, 6.07) is 6.72. The predicted molar refractivity (Wildman–Crippen MR) is 92.9 cm³/mol. The van der Waals surface area contributed by atoms with Gasteiger partial charge in [-0.15, -0.1) is 0 Å². The molecule has 1 radical (unpaired) electrons. The third-order valence-electron chi connectivity index (χ3n) is 3.80. The number of unbranched alkanes of at least 4 members (excludes halogenated alkanes) is 8. The van der Waals surface area contributed by atoms with Gasteiger partial charge in [0.15, 0.2) is 0 Å². The van der Waals surface area contributed by atoms with E-state index in [9.17, 15) is 13.0 Å². The van der Waals surface area contributed by atoms with Crippen molar-refractivity contribution in [3.63, 3.8) is 0 Å². The van der Waals surface area contributed by atoms with E-state index < -0.39 is 10.1 Å². The largest absolute Gasteiger partial charge is 0.294 e. The fourth-order valence-corrected chi connectivity index (χ4v) is 3.34. The van der Waals surface area contributed by atoms with Crippen LogP contribution in [0.15, 0.2) is 29.2 Å². The van der Waals surface area contributed by atoms with E-state index >= 15 is 0 Å². The summed E-state index contributed by atoms with van der Waals surface area (Å²) < 4.78 is 31.7. The first-order valence-corrected chi connectivity index (χ1v) is 9.55. The van der Waals surface area contributed by atoms with Crippen LogP contribution in [0.5, 0.6) is 0 Å². The summed E-state index contributed by atoms with van der Waals surface area (Å²) in [7, 11) is -4.09. The summed E-state index contributed by atoms with van der Waals surface area (Å²) in [5, 5.41) is 0. The molecular formula is C17H28NaO3S. The fraction of sp³-hybridized carbons (Fsp3) is 0.647. The molecule has 0 amide bonds. The second-order valence-electron chi connectivity index (χ2n) is 5.66. The zero-order valence-corrected chi connectivity index (χ0v) is 16.9. The minimum atomic E-state index is -4.09. The second kappa shape index (κ2) is 12.5. The summed E-state index contributed by atoms with van der Waals surface area (Å²) in [6.07, 6.45) is 11.9. The molecule has 0 aliphatic rings. The van der Waals surface area contributed by atoms with Crippen molar-refractivity contribution in [2.75, 3.05) is 0 Å². The van der Waals surface area contributed by atoms with E-state index in [-0.39, 0.29) is 34.5 Å². The Morgan fingerprint density at radius 3 is 1.91 bits per heavy atom. The number of hydrogen-bond donors (Lipinski definition) is 1. The maximum atomic E-state index is 11.3. The molecule has 0 spiro atoms. The van der Waals surface area contributed by atoms with Gasteiger partial charge in [-0.3, -0.25) is 4.55 Å². The predicted octanol–water partition coefficient (Wildman–Crippen LogP) is 4.63. The molecule has 0 saturated carbocycles. The summed E-state index contributed by atoms with van der Waals surface area (Å²) in [5.74, 6) is 0. The molecule has 0 fully saturated rings. The number of benzene rings is 1. The Kier molecular flexibility index (Phi) is 12.6. The normalized spacial score (nSPS) is 11.2. The van der Waals surface area contributed by atoms with E-state index in [1.807, 2.05) is 6.07 Å². The number of aryl methyl sites for hydroxylation is 1. The molecule has 0 unspecified atom stereocenters. The van der Waals surface area contributed by atoms with Gasteiger partial charge in [-0.2, -0.15) is 8.42 Å². The van der Waals surface area contributed by atoms with Crippen molar-refractivity contribution in [2.45, 2.75) is 76.0 Å². The van der Waals surface area contributed by atoms with Gasteiger partial charge < -0.3 is 0 Å². The minimum absolute atomic E-state index is 0. The molecule has 0 aliphatic heterocycles. The summed E-state index contributed by atoms with van der Waals surface area (Å²) in [6.45, 7) is 2.23. The molecule has 0 aromatic heterocycles. The molecule has 5 heteroatoms. The zero-order chi connectivity index (χ0) is 15.6. The van der Waals surface area contributed by atoms with Crippen LogP contribution in [0, 0.1) is 0 Å². The Morgan fingerprint density at radius 2 is 1.36 bits per heavy atom. The number of rotatable bonds is 11. The Hall–Kier alpha value is 0.130. The standard InChI is InChI=1S/C17H28O3S.Na/c1-2-3-4-5-6-7-8-9-10-13-16-14-11-12-15-17(16)21(18,19)20;/h11-12,14-15H,2-10,13H2,1H3,(H,18,19,20);. The summed E-state index contributed by atoms with van der Waals surface area (Å²) in [5.41, 5.74) is 0.725. The summed E-state index contributed by atoms with van der Waals surface area (Å²) in [4.78, 5) is 0.0598. The topological polar surface area (TPSA) is 54.4 Å². The van der Waals surface area contributed by atoms with Gasteiger partial charge in [0.1, 0.15) is 0 Å². The smallest absolute Gasteiger partial charge is 0.282 e. The first-order valence-electron chi connectivity index (χ1n) is 8.11. The van der Waals surface area contributed by atoms with Crippen LogP contribution in [0.3, 0.4) is 0 Å². The molecule has 0 saturated heterocycles. The van der Waals surface area contributed by atoms with Crippen molar-refractivity contribution >= 4 is 39.7 Å². The van der Waals surface area contributed by atoms with Crippen molar-refractivity contribution in [1.29, 1.82) is 0 Å². The van der Waals surface area contributed by atoms with Gasteiger partial charge in [0.25, 0.3) is 10.1 Å². The van der Waals surface area contributed by atoms with Gasteiger partial charge in [-0.1, -0.05) is 76.5 Å². The molecule has 0 aliphatic carbocycles. The monoisotopic (exact) mass is 335 g/mol. The average molecular weight is 335 g/mol. The molecule has 3 nitrogen and oxygen atoms in total. The van der Waals surface area contributed by atoms with Gasteiger partial charge in [0, 0.05) is 29.6 Å². The van der Waals surface area contributed by atoms with E-state index in [1.165, 1.54) is 51.0 Å². The Morgan fingerprint density at radius 1 is 0.864 bits per heavy atom. The second-order valence-corrected chi connectivity index (χ2v) is 7.05. The third kappa shape index (κ3) is 9.31. The van der Waals surface area contributed by atoms with Gasteiger partial charge in [0.2, 0.25) is 0 Å². The molecule has 0 heterocycles. The van der Waals surface area contributed by atoms with Crippen LogP contribution in [-0.4, -0.2) is 42.5 Å². The quantitative estimate of drug-likeness (QED) is 0.364. The first-order chi connectivity index (χ1) is 10.1. The molecular weight excluding hydrogens is 307 g/mol. The van der Waals surface area contributed by atoms with Crippen LogP contribution in [-0.2, 0) is 16.5 Å². The number of hydrogen-bond acceptors (Lipinski definition) is 2. The molecule has 121 valence electrons. The van der Waals surface area contributed by atoms with Crippen LogP contribution in [0.2, 0.25) is 0 Å². The molecule has 1 aromatic carbocycles. The minimum Gasteiger partial charge on any atom is -0.282 e. The first kappa shape index (κ1) is 22.1. The Bertz CT molecular complexity index is 500. The van der Waals surface area contributed by atoms with Gasteiger partial charge in [-0.25, -0.2) is 0 Å².